The number of carbonyl (C=O) groups excluding carboxylic acids is 2. The van der Waals surface area contributed by atoms with Gasteiger partial charge < -0.3 is 24.0 Å². The topological polar surface area (TPSA) is 115 Å². The molecule has 2 fully saturated rings. The van der Waals surface area contributed by atoms with Gasteiger partial charge in [0.15, 0.2) is 0 Å². The van der Waals surface area contributed by atoms with Crippen molar-refractivity contribution in [2.45, 2.75) is 24.8 Å². The van der Waals surface area contributed by atoms with Gasteiger partial charge in [0, 0.05) is 43.9 Å². The Labute approximate surface area is 190 Å². The highest BCUT2D eigenvalue weighted by molar-refractivity contribution is 5.92. The third-order valence-electron chi connectivity index (χ3n) is 6.28. The number of amides is 2. The van der Waals surface area contributed by atoms with Crippen LogP contribution in [0.1, 0.15) is 35.1 Å². The fourth-order valence-electron chi connectivity index (χ4n) is 4.58. The summed E-state index contributed by atoms with van der Waals surface area (Å²) in [5.74, 6) is 0.209. The van der Waals surface area contributed by atoms with Crippen molar-refractivity contribution in [3.05, 3.63) is 54.4 Å². The van der Waals surface area contributed by atoms with E-state index in [-0.39, 0.29) is 29.7 Å². The lowest BCUT2D eigenvalue weighted by Crippen LogP contribution is -2.43. The molecule has 10 heteroatoms. The molecule has 33 heavy (non-hydrogen) atoms. The molecule has 2 amide bonds. The van der Waals surface area contributed by atoms with Crippen LogP contribution in [0, 0.1) is 5.92 Å². The SMILES string of the molecule is Cn1cnc(C(=O)N[C@H]2C[C@H](C(=O)N3CCOCC3)C[C@H]2c2nc(-c3ccccc3)no2)c1. The zero-order valence-corrected chi connectivity index (χ0v) is 18.4. The summed E-state index contributed by atoms with van der Waals surface area (Å²) in [6.45, 7) is 2.27. The molecule has 0 unspecified atom stereocenters. The van der Waals surface area contributed by atoms with Crippen molar-refractivity contribution in [1.82, 2.24) is 29.9 Å². The first-order chi connectivity index (χ1) is 16.1. The van der Waals surface area contributed by atoms with E-state index < -0.39 is 0 Å². The minimum absolute atomic E-state index is 0.0840. The van der Waals surface area contributed by atoms with E-state index in [1.807, 2.05) is 42.3 Å². The lowest BCUT2D eigenvalue weighted by Gasteiger charge is -2.29. The number of nitrogens with zero attached hydrogens (tertiary/aromatic N) is 5. The van der Waals surface area contributed by atoms with Gasteiger partial charge in [-0.3, -0.25) is 9.59 Å². The van der Waals surface area contributed by atoms with Crippen molar-refractivity contribution in [2.75, 3.05) is 26.3 Å². The lowest BCUT2D eigenvalue weighted by atomic mass is 10.0. The van der Waals surface area contributed by atoms with Crippen LogP contribution in [-0.2, 0) is 16.6 Å². The number of imidazole rings is 1. The molecule has 1 aliphatic carbocycles. The number of rotatable bonds is 5. The maximum absolute atomic E-state index is 13.2. The first kappa shape index (κ1) is 21.3. The fraction of sp³-hybridized carbons (Fsp3) is 0.435. The van der Waals surface area contributed by atoms with E-state index in [2.05, 4.69) is 20.4 Å². The summed E-state index contributed by atoms with van der Waals surface area (Å²) >= 11 is 0. The highest BCUT2D eigenvalue weighted by Crippen LogP contribution is 2.39. The third-order valence-corrected chi connectivity index (χ3v) is 6.28. The number of aryl methyl sites for hydroxylation is 1. The van der Waals surface area contributed by atoms with Crippen LogP contribution in [-0.4, -0.2) is 68.8 Å². The average molecular weight is 450 g/mol. The van der Waals surface area contributed by atoms with Gasteiger partial charge in [-0.1, -0.05) is 35.5 Å². The molecule has 2 aliphatic rings. The summed E-state index contributed by atoms with van der Waals surface area (Å²) in [4.78, 5) is 36.6. The van der Waals surface area contributed by atoms with Gasteiger partial charge in [-0.25, -0.2) is 4.98 Å². The van der Waals surface area contributed by atoms with Crippen molar-refractivity contribution in [1.29, 1.82) is 0 Å². The molecule has 172 valence electrons. The highest BCUT2D eigenvalue weighted by Gasteiger charge is 2.44. The smallest absolute Gasteiger partial charge is 0.271 e. The van der Waals surface area contributed by atoms with Crippen molar-refractivity contribution in [2.24, 2.45) is 13.0 Å². The molecule has 10 nitrogen and oxygen atoms in total. The Hall–Kier alpha value is -3.53. The summed E-state index contributed by atoms with van der Waals surface area (Å²) in [6.07, 6.45) is 4.27. The molecule has 5 rings (SSSR count). The van der Waals surface area contributed by atoms with E-state index in [0.29, 0.717) is 56.6 Å². The number of aromatic nitrogens is 4. The van der Waals surface area contributed by atoms with Crippen LogP contribution in [0.15, 0.2) is 47.4 Å². The van der Waals surface area contributed by atoms with Crippen LogP contribution in [0.3, 0.4) is 0 Å². The molecule has 0 bridgehead atoms. The van der Waals surface area contributed by atoms with E-state index in [1.54, 1.807) is 17.1 Å². The third kappa shape index (κ3) is 4.51. The van der Waals surface area contributed by atoms with Crippen molar-refractivity contribution < 1.29 is 18.8 Å². The second-order valence-corrected chi connectivity index (χ2v) is 8.54. The molecule has 1 aromatic carbocycles. The number of ether oxygens (including phenoxy) is 1. The molecule has 1 aliphatic heterocycles. The minimum atomic E-state index is -0.321. The zero-order valence-electron chi connectivity index (χ0n) is 18.4. The summed E-state index contributed by atoms with van der Waals surface area (Å²) in [5, 5.41) is 7.20. The van der Waals surface area contributed by atoms with Crippen LogP contribution < -0.4 is 5.32 Å². The molecule has 3 atom stereocenters. The molecule has 0 spiro atoms. The Morgan fingerprint density at radius 1 is 1.12 bits per heavy atom. The van der Waals surface area contributed by atoms with Crippen molar-refractivity contribution in [3.8, 4) is 11.4 Å². The highest BCUT2D eigenvalue weighted by atomic mass is 16.5. The summed E-state index contributed by atoms with van der Waals surface area (Å²) in [6, 6.07) is 9.25. The molecule has 2 aromatic heterocycles. The van der Waals surface area contributed by atoms with Crippen LogP contribution in [0.2, 0.25) is 0 Å². The average Bonchev–Trinajstić information content (AvgIpc) is 3.59. The zero-order chi connectivity index (χ0) is 22.8. The van der Waals surface area contributed by atoms with Crippen molar-refractivity contribution in [3.63, 3.8) is 0 Å². The number of carbonyl (C=O) groups is 2. The predicted molar refractivity (Wildman–Crippen MR) is 117 cm³/mol. The first-order valence-electron chi connectivity index (χ1n) is 11.1. The molecule has 1 saturated carbocycles. The van der Waals surface area contributed by atoms with Crippen LogP contribution in [0.5, 0.6) is 0 Å². The molecule has 3 heterocycles. The first-order valence-corrected chi connectivity index (χ1v) is 11.1. The molecular weight excluding hydrogens is 424 g/mol. The van der Waals surface area contributed by atoms with Gasteiger partial charge in [-0.05, 0) is 12.8 Å². The minimum Gasteiger partial charge on any atom is -0.378 e. The van der Waals surface area contributed by atoms with Gasteiger partial charge in [0.2, 0.25) is 17.6 Å². The summed E-state index contributed by atoms with van der Waals surface area (Å²) < 4.78 is 12.7. The molecular formula is C23H26N6O4. The van der Waals surface area contributed by atoms with Gasteiger partial charge in [0.25, 0.3) is 5.91 Å². The molecule has 3 aromatic rings. The standard InChI is InChI=1S/C23H26N6O4/c1-28-13-19(24-14-28)21(30)25-18-12-16(23(31)29-7-9-32-10-8-29)11-17(18)22-26-20(27-33-22)15-5-3-2-4-6-15/h2-6,13-14,16-18H,7-12H2,1H3,(H,25,30)/t16-,17-,18+/m1/s1. The molecule has 1 N–H and O–H groups in total. The monoisotopic (exact) mass is 450 g/mol. The number of hydrogen-bond donors (Lipinski definition) is 1. The van der Waals surface area contributed by atoms with Gasteiger partial charge >= 0.3 is 0 Å². The maximum Gasteiger partial charge on any atom is 0.271 e. The van der Waals surface area contributed by atoms with Gasteiger partial charge in [-0.15, -0.1) is 0 Å². The Balaban J connectivity index is 1.38. The van der Waals surface area contributed by atoms with E-state index in [0.717, 1.165) is 5.56 Å². The molecule has 1 saturated heterocycles. The second-order valence-electron chi connectivity index (χ2n) is 8.54. The fourth-order valence-corrected chi connectivity index (χ4v) is 4.58. The summed E-state index contributed by atoms with van der Waals surface area (Å²) in [5.41, 5.74) is 1.18. The largest absolute Gasteiger partial charge is 0.378 e. The second kappa shape index (κ2) is 9.14. The van der Waals surface area contributed by atoms with Crippen LogP contribution in [0.25, 0.3) is 11.4 Å². The van der Waals surface area contributed by atoms with Crippen molar-refractivity contribution >= 4 is 11.8 Å². The predicted octanol–water partition coefficient (Wildman–Crippen LogP) is 1.62. The van der Waals surface area contributed by atoms with Crippen LogP contribution in [0.4, 0.5) is 0 Å². The maximum atomic E-state index is 13.2. The Kier molecular flexibility index (Phi) is 5.91. The van der Waals surface area contributed by atoms with Gasteiger partial charge in [-0.2, -0.15) is 4.98 Å². The van der Waals surface area contributed by atoms with Crippen LogP contribution >= 0.6 is 0 Å². The Bertz CT molecular complexity index is 1120. The molecule has 0 radical (unpaired) electrons. The van der Waals surface area contributed by atoms with E-state index in [4.69, 9.17) is 9.26 Å². The number of benzene rings is 1. The normalized spacial score (nSPS) is 22.9. The lowest BCUT2D eigenvalue weighted by molar-refractivity contribution is -0.139. The Morgan fingerprint density at radius 3 is 2.64 bits per heavy atom. The van der Waals surface area contributed by atoms with Gasteiger partial charge in [0.05, 0.1) is 25.5 Å². The van der Waals surface area contributed by atoms with E-state index in [9.17, 15) is 9.59 Å². The van der Waals surface area contributed by atoms with E-state index in [1.165, 1.54) is 0 Å². The number of nitrogens with one attached hydrogen (secondary N) is 1. The number of morpholine rings is 1. The number of hydrogen-bond acceptors (Lipinski definition) is 7. The van der Waals surface area contributed by atoms with Gasteiger partial charge in [0.1, 0.15) is 5.69 Å². The Morgan fingerprint density at radius 2 is 1.91 bits per heavy atom. The van der Waals surface area contributed by atoms with E-state index >= 15 is 0 Å². The summed E-state index contributed by atoms with van der Waals surface area (Å²) in [7, 11) is 1.81. The quantitative estimate of drug-likeness (QED) is 0.628.